The number of alkyl halides is 3. The standard InChI is InChI=1S/C14H16ClF3INO/c1-3-10(4-2)20(8-14(16,17)18)13(21)9-5-6-12(19)11(15)7-9/h5-7,10H,3-4,8H2,1-2H3. The number of hydrogen-bond acceptors (Lipinski definition) is 1. The van der Waals surface area contributed by atoms with Crippen LogP contribution in [-0.2, 0) is 0 Å². The summed E-state index contributed by atoms with van der Waals surface area (Å²) in [6, 6.07) is 4.09. The van der Waals surface area contributed by atoms with E-state index in [1.54, 1.807) is 19.9 Å². The first-order valence-corrected chi connectivity index (χ1v) is 7.98. The molecule has 21 heavy (non-hydrogen) atoms. The summed E-state index contributed by atoms with van der Waals surface area (Å²) in [6.07, 6.45) is -3.49. The maximum atomic E-state index is 12.7. The van der Waals surface area contributed by atoms with Crippen molar-refractivity contribution < 1.29 is 18.0 Å². The van der Waals surface area contributed by atoms with Crippen LogP contribution in [0.4, 0.5) is 13.2 Å². The van der Waals surface area contributed by atoms with E-state index in [1.807, 2.05) is 22.6 Å². The summed E-state index contributed by atoms with van der Waals surface area (Å²) < 4.78 is 39.0. The number of halogens is 5. The van der Waals surface area contributed by atoms with E-state index in [0.717, 1.165) is 8.47 Å². The van der Waals surface area contributed by atoms with E-state index in [0.29, 0.717) is 17.9 Å². The number of amides is 1. The molecule has 1 aromatic carbocycles. The summed E-state index contributed by atoms with van der Waals surface area (Å²) in [6.45, 7) is 2.29. The third kappa shape index (κ3) is 5.32. The number of carbonyl (C=O) groups excluding carboxylic acids is 1. The largest absolute Gasteiger partial charge is 0.406 e. The normalized spacial score (nSPS) is 11.8. The van der Waals surface area contributed by atoms with Gasteiger partial charge in [-0.3, -0.25) is 4.79 Å². The zero-order valence-electron chi connectivity index (χ0n) is 11.7. The Balaban J connectivity index is 3.11. The van der Waals surface area contributed by atoms with E-state index in [1.165, 1.54) is 12.1 Å². The maximum Gasteiger partial charge on any atom is 0.406 e. The second-order valence-corrected chi connectivity index (χ2v) is 6.22. The highest BCUT2D eigenvalue weighted by molar-refractivity contribution is 14.1. The molecular weight excluding hydrogens is 418 g/mol. The SMILES string of the molecule is CCC(CC)N(CC(F)(F)F)C(=O)c1ccc(I)c(Cl)c1. The number of rotatable bonds is 5. The van der Waals surface area contributed by atoms with Gasteiger partial charge in [0.2, 0.25) is 0 Å². The van der Waals surface area contributed by atoms with Gasteiger partial charge in [-0.15, -0.1) is 0 Å². The highest BCUT2D eigenvalue weighted by atomic mass is 127. The van der Waals surface area contributed by atoms with Gasteiger partial charge in [-0.2, -0.15) is 13.2 Å². The topological polar surface area (TPSA) is 20.3 Å². The van der Waals surface area contributed by atoms with Crippen molar-refractivity contribution in [2.24, 2.45) is 0 Å². The molecule has 0 aliphatic rings. The minimum Gasteiger partial charge on any atom is -0.327 e. The molecule has 0 atom stereocenters. The molecule has 0 heterocycles. The third-order valence-electron chi connectivity index (χ3n) is 3.16. The minimum absolute atomic E-state index is 0.177. The van der Waals surface area contributed by atoms with Crippen LogP contribution in [0.15, 0.2) is 18.2 Å². The molecule has 0 N–H and O–H groups in total. The zero-order valence-corrected chi connectivity index (χ0v) is 14.6. The smallest absolute Gasteiger partial charge is 0.327 e. The lowest BCUT2D eigenvalue weighted by molar-refractivity contribution is -0.144. The molecule has 0 fully saturated rings. The van der Waals surface area contributed by atoms with E-state index >= 15 is 0 Å². The van der Waals surface area contributed by atoms with Crippen LogP contribution in [-0.4, -0.2) is 29.6 Å². The Labute approximate surface area is 140 Å². The Hall–Kier alpha value is -0.500. The minimum atomic E-state index is -4.43. The first-order valence-electron chi connectivity index (χ1n) is 6.52. The van der Waals surface area contributed by atoms with Gasteiger partial charge in [0.05, 0.1) is 5.02 Å². The summed E-state index contributed by atoms with van der Waals surface area (Å²) in [5.41, 5.74) is 0.177. The van der Waals surface area contributed by atoms with Crippen LogP contribution in [0, 0.1) is 3.57 Å². The first-order chi connectivity index (χ1) is 9.69. The number of hydrogen-bond donors (Lipinski definition) is 0. The third-order valence-corrected chi connectivity index (χ3v) is 4.73. The number of benzene rings is 1. The van der Waals surface area contributed by atoms with Gasteiger partial charge in [0, 0.05) is 15.2 Å². The number of nitrogens with zero attached hydrogens (tertiary/aromatic N) is 1. The van der Waals surface area contributed by atoms with Gasteiger partial charge in [-0.1, -0.05) is 25.4 Å². The van der Waals surface area contributed by atoms with Gasteiger partial charge in [-0.25, -0.2) is 0 Å². The predicted molar refractivity (Wildman–Crippen MR) is 85.6 cm³/mol. The Morgan fingerprint density at radius 1 is 1.33 bits per heavy atom. The second kappa shape index (κ2) is 7.67. The molecule has 2 nitrogen and oxygen atoms in total. The van der Waals surface area contributed by atoms with Crippen LogP contribution in [0.2, 0.25) is 5.02 Å². The van der Waals surface area contributed by atoms with Crippen LogP contribution in [0.1, 0.15) is 37.0 Å². The summed E-state index contributed by atoms with van der Waals surface area (Å²) in [5.74, 6) is -0.640. The van der Waals surface area contributed by atoms with Crippen molar-refractivity contribution in [1.29, 1.82) is 0 Å². The molecule has 1 rings (SSSR count). The summed E-state index contributed by atoms with van der Waals surface area (Å²) in [7, 11) is 0. The maximum absolute atomic E-state index is 12.7. The van der Waals surface area contributed by atoms with Crippen LogP contribution in [0.3, 0.4) is 0 Å². The van der Waals surface area contributed by atoms with Crippen LogP contribution in [0.5, 0.6) is 0 Å². The van der Waals surface area contributed by atoms with Gasteiger partial charge in [0.1, 0.15) is 6.54 Å². The van der Waals surface area contributed by atoms with Gasteiger partial charge in [0.25, 0.3) is 5.91 Å². The molecule has 0 saturated carbocycles. The lowest BCUT2D eigenvalue weighted by Crippen LogP contribution is -2.45. The van der Waals surface area contributed by atoms with Crippen molar-refractivity contribution in [2.75, 3.05) is 6.54 Å². The van der Waals surface area contributed by atoms with E-state index in [2.05, 4.69) is 0 Å². The second-order valence-electron chi connectivity index (χ2n) is 4.65. The fourth-order valence-electron chi connectivity index (χ4n) is 2.08. The van der Waals surface area contributed by atoms with Gasteiger partial charge < -0.3 is 4.90 Å². The molecule has 0 spiro atoms. The first kappa shape index (κ1) is 18.5. The zero-order chi connectivity index (χ0) is 16.2. The van der Waals surface area contributed by atoms with Crippen molar-refractivity contribution in [2.45, 2.75) is 38.9 Å². The molecule has 0 unspecified atom stereocenters. The average Bonchev–Trinajstić information content (AvgIpc) is 2.40. The van der Waals surface area contributed by atoms with Crippen molar-refractivity contribution in [3.63, 3.8) is 0 Å². The lowest BCUT2D eigenvalue weighted by atomic mass is 10.1. The Morgan fingerprint density at radius 2 is 1.90 bits per heavy atom. The quantitative estimate of drug-likeness (QED) is 0.589. The molecule has 118 valence electrons. The molecule has 1 aromatic rings. The van der Waals surface area contributed by atoms with Gasteiger partial charge in [0.15, 0.2) is 0 Å². The van der Waals surface area contributed by atoms with Gasteiger partial charge >= 0.3 is 6.18 Å². The Bertz CT molecular complexity index is 503. The molecule has 0 aliphatic carbocycles. The van der Waals surface area contributed by atoms with E-state index in [9.17, 15) is 18.0 Å². The van der Waals surface area contributed by atoms with Crippen LogP contribution < -0.4 is 0 Å². The highest BCUT2D eigenvalue weighted by Gasteiger charge is 2.36. The van der Waals surface area contributed by atoms with Crippen LogP contribution in [0.25, 0.3) is 0 Å². The molecule has 0 bridgehead atoms. The predicted octanol–water partition coefficient (Wildman–Crippen LogP) is 5.14. The molecule has 0 saturated heterocycles. The number of carbonyl (C=O) groups is 1. The molecular formula is C14H16ClF3INO. The summed E-state index contributed by atoms with van der Waals surface area (Å²) in [4.78, 5) is 13.3. The van der Waals surface area contributed by atoms with E-state index in [-0.39, 0.29) is 5.56 Å². The van der Waals surface area contributed by atoms with Crippen molar-refractivity contribution >= 4 is 40.1 Å². The summed E-state index contributed by atoms with van der Waals surface area (Å²) >= 11 is 7.94. The van der Waals surface area contributed by atoms with Crippen molar-refractivity contribution in [3.8, 4) is 0 Å². The highest BCUT2D eigenvalue weighted by Crippen LogP contribution is 2.25. The summed E-state index contributed by atoms with van der Waals surface area (Å²) in [5, 5.41) is 0.359. The Kier molecular flexibility index (Phi) is 6.77. The van der Waals surface area contributed by atoms with Crippen molar-refractivity contribution in [1.82, 2.24) is 4.90 Å². The molecule has 0 aromatic heterocycles. The van der Waals surface area contributed by atoms with E-state index < -0.39 is 24.7 Å². The molecule has 1 amide bonds. The monoisotopic (exact) mass is 433 g/mol. The lowest BCUT2D eigenvalue weighted by Gasteiger charge is -2.31. The average molecular weight is 434 g/mol. The van der Waals surface area contributed by atoms with Gasteiger partial charge in [-0.05, 0) is 53.6 Å². The Morgan fingerprint density at radius 3 is 2.33 bits per heavy atom. The fraction of sp³-hybridized carbons (Fsp3) is 0.500. The fourth-order valence-corrected chi connectivity index (χ4v) is 2.60. The molecule has 0 radical (unpaired) electrons. The van der Waals surface area contributed by atoms with Crippen LogP contribution >= 0.6 is 34.2 Å². The molecule has 7 heteroatoms. The van der Waals surface area contributed by atoms with Crippen molar-refractivity contribution in [3.05, 3.63) is 32.4 Å². The van der Waals surface area contributed by atoms with E-state index in [4.69, 9.17) is 11.6 Å². The molecule has 0 aliphatic heterocycles.